The van der Waals surface area contributed by atoms with Crippen molar-refractivity contribution in [2.45, 2.75) is 11.1 Å². The number of nitrogens with zero attached hydrogens (tertiary/aromatic N) is 2. The van der Waals surface area contributed by atoms with Crippen LogP contribution in [-0.4, -0.2) is 31.5 Å². The lowest BCUT2D eigenvalue weighted by Gasteiger charge is -2.08. The van der Waals surface area contributed by atoms with Gasteiger partial charge in [-0.2, -0.15) is 4.98 Å². The molecule has 0 radical (unpaired) electrons. The predicted octanol–water partition coefficient (Wildman–Crippen LogP) is 2.02. The summed E-state index contributed by atoms with van der Waals surface area (Å²) in [6.07, 6.45) is 0. The van der Waals surface area contributed by atoms with Crippen molar-refractivity contribution < 1.29 is 17.9 Å². The first-order valence-electron chi connectivity index (χ1n) is 5.78. The van der Waals surface area contributed by atoms with E-state index < -0.39 is 16.1 Å². The van der Waals surface area contributed by atoms with Gasteiger partial charge in [0.25, 0.3) is 10.0 Å². The molecule has 11 heteroatoms. The Hall–Kier alpha value is -1.91. The largest absolute Gasteiger partial charge is 0.481 e. The molecule has 2 heterocycles. The molecule has 0 unspecified atom stereocenters. The minimum atomic E-state index is -4.06. The number of urea groups is 1. The van der Waals surface area contributed by atoms with Crippen molar-refractivity contribution in [2.75, 3.05) is 12.4 Å². The van der Waals surface area contributed by atoms with Gasteiger partial charge >= 0.3 is 6.03 Å². The molecule has 2 N–H and O–H groups in total. The zero-order valence-corrected chi connectivity index (χ0v) is 13.8. The molecule has 0 fully saturated rings. The molecule has 0 aliphatic rings. The van der Waals surface area contributed by atoms with Gasteiger partial charge in [0.2, 0.25) is 11.8 Å². The van der Waals surface area contributed by atoms with Gasteiger partial charge in [0, 0.05) is 11.8 Å². The summed E-state index contributed by atoms with van der Waals surface area (Å²) in [5.41, 5.74) is 0.548. The maximum absolute atomic E-state index is 12.0. The fourth-order valence-corrected chi connectivity index (χ4v) is 4.06. The highest BCUT2D eigenvalue weighted by Gasteiger charge is 2.22. The number of methoxy groups -OCH3 is 1. The maximum Gasteiger partial charge on any atom is 0.335 e. The van der Waals surface area contributed by atoms with E-state index in [9.17, 15) is 13.2 Å². The first-order valence-corrected chi connectivity index (χ1v) is 8.52. The molecular weight excluding hydrogens is 352 g/mol. The van der Waals surface area contributed by atoms with Crippen molar-refractivity contribution in [2.24, 2.45) is 0 Å². The van der Waals surface area contributed by atoms with Crippen LogP contribution in [0, 0.1) is 6.92 Å². The SMILES string of the molecule is COc1cc(C)nc(NC(=O)NS(=O)(=O)c2sccc2Cl)n1. The third kappa shape index (κ3) is 3.84. The molecule has 0 saturated heterocycles. The number of aromatic nitrogens is 2. The Morgan fingerprint density at radius 3 is 2.73 bits per heavy atom. The first-order chi connectivity index (χ1) is 10.3. The summed E-state index contributed by atoms with van der Waals surface area (Å²) in [6, 6.07) is 1.98. The highest BCUT2D eigenvalue weighted by Crippen LogP contribution is 2.26. The first kappa shape index (κ1) is 16.5. The Bertz CT molecular complexity index is 806. The summed E-state index contributed by atoms with van der Waals surface area (Å²) in [6.45, 7) is 1.68. The van der Waals surface area contributed by atoms with Gasteiger partial charge in [-0.15, -0.1) is 11.3 Å². The Morgan fingerprint density at radius 2 is 2.14 bits per heavy atom. The van der Waals surface area contributed by atoms with Gasteiger partial charge in [-0.25, -0.2) is 22.9 Å². The van der Waals surface area contributed by atoms with E-state index in [-0.39, 0.29) is 21.1 Å². The summed E-state index contributed by atoms with van der Waals surface area (Å²) in [4.78, 5) is 19.6. The molecule has 22 heavy (non-hydrogen) atoms. The molecule has 8 nitrogen and oxygen atoms in total. The van der Waals surface area contributed by atoms with Gasteiger partial charge in [-0.05, 0) is 18.4 Å². The Morgan fingerprint density at radius 1 is 1.41 bits per heavy atom. The molecule has 2 rings (SSSR count). The molecule has 0 aliphatic heterocycles. The second kappa shape index (κ2) is 6.46. The molecular formula is C11H11ClN4O4S2. The quantitative estimate of drug-likeness (QED) is 0.860. The van der Waals surface area contributed by atoms with Crippen LogP contribution in [0.2, 0.25) is 5.02 Å². The van der Waals surface area contributed by atoms with Crippen molar-refractivity contribution in [1.29, 1.82) is 0 Å². The zero-order valence-electron chi connectivity index (χ0n) is 11.5. The Labute approximate surface area is 135 Å². The lowest BCUT2D eigenvalue weighted by Crippen LogP contribution is -2.34. The van der Waals surface area contributed by atoms with Crippen LogP contribution < -0.4 is 14.8 Å². The van der Waals surface area contributed by atoms with Crippen molar-refractivity contribution in [3.05, 3.63) is 28.2 Å². The number of rotatable bonds is 4. The van der Waals surface area contributed by atoms with E-state index >= 15 is 0 Å². The number of amides is 2. The normalized spacial score (nSPS) is 11.0. The van der Waals surface area contributed by atoms with Crippen LogP contribution in [0.4, 0.5) is 10.7 Å². The number of thiophene rings is 1. The lowest BCUT2D eigenvalue weighted by molar-refractivity contribution is 0.256. The highest BCUT2D eigenvalue weighted by molar-refractivity contribution is 7.92. The van der Waals surface area contributed by atoms with Gasteiger partial charge in [0.1, 0.15) is 0 Å². The third-order valence-corrected chi connectivity index (χ3v) is 5.68. The van der Waals surface area contributed by atoms with Crippen molar-refractivity contribution in [1.82, 2.24) is 14.7 Å². The van der Waals surface area contributed by atoms with Gasteiger partial charge in [-0.1, -0.05) is 11.6 Å². The molecule has 0 spiro atoms. The van der Waals surface area contributed by atoms with Crippen LogP contribution in [0.5, 0.6) is 5.88 Å². The summed E-state index contributed by atoms with van der Waals surface area (Å²) >= 11 is 6.65. The fraction of sp³-hybridized carbons (Fsp3) is 0.182. The van der Waals surface area contributed by atoms with Crippen molar-refractivity contribution in [3.63, 3.8) is 0 Å². The van der Waals surface area contributed by atoms with Gasteiger partial charge in [-0.3, -0.25) is 5.32 Å². The summed E-state index contributed by atoms with van der Waals surface area (Å²) in [5, 5.41) is 3.77. The molecule has 118 valence electrons. The van der Waals surface area contributed by atoms with Crippen molar-refractivity contribution >= 4 is 44.9 Å². The molecule has 0 bridgehead atoms. The van der Waals surface area contributed by atoms with E-state index in [1.165, 1.54) is 18.6 Å². The van der Waals surface area contributed by atoms with Gasteiger partial charge in [0.05, 0.1) is 12.1 Å². The summed E-state index contributed by atoms with van der Waals surface area (Å²) in [5.74, 6) is 0.161. The molecule has 0 saturated carbocycles. The lowest BCUT2D eigenvalue weighted by atomic mass is 10.4. The monoisotopic (exact) mass is 362 g/mol. The molecule has 0 atom stereocenters. The molecule has 2 amide bonds. The number of carbonyl (C=O) groups is 1. The van der Waals surface area contributed by atoms with Crippen molar-refractivity contribution in [3.8, 4) is 5.88 Å². The van der Waals surface area contributed by atoms with E-state index in [2.05, 4.69) is 15.3 Å². The minimum absolute atomic E-state index is 0.0405. The van der Waals surface area contributed by atoms with Crippen LogP contribution in [0.15, 0.2) is 21.7 Å². The minimum Gasteiger partial charge on any atom is -0.481 e. The number of aryl methyl sites for hydroxylation is 1. The Balaban J connectivity index is 2.14. The van der Waals surface area contributed by atoms with E-state index in [0.29, 0.717) is 5.69 Å². The highest BCUT2D eigenvalue weighted by atomic mass is 35.5. The number of carbonyl (C=O) groups excluding carboxylic acids is 1. The van der Waals surface area contributed by atoms with Crippen LogP contribution in [-0.2, 0) is 10.0 Å². The number of hydrogen-bond donors (Lipinski definition) is 2. The predicted molar refractivity (Wildman–Crippen MR) is 82.0 cm³/mol. The number of halogens is 1. The number of sulfonamides is 1. The van der Waals surface area contributed by atoms with E-state index in [4.69, 9.17) is 16.3 Å². The fourth-order valence-electron chi connectivity index (χ4n) is 1.47. The van der Waals surface area contributed by atoms with Crippen LogP contribution in [0.25, 0.3) is 0 Å². The topological polar surface area (TPSA) is 110 Å². The third-order valence-electron chi connectivity index (χ3n) is 2.32. The summed E-state index contributed by atoms with van der Waals surface area (Å²) < 4.78 is 30.6. The second-order valence-electron chi connectivity index (χ2n) is 3.99. The smallest absolute Gasteiger partial charge is 0.335 e. The number of hydrogen-bond acceptors (Lipinski definition) is 7. The average Bonchev–Trinajstić information content (AvgIpc) is 2.84. The average molecular weight is 363 g/mol. The van der Waals surface area contributed by atoms with E-state index in [1.807, 2.05) is 4.72 Å². The molecule has 0 aromatic carbocycles. The second-order valence-corrected chi connectivity index (χ2v) is 7.19. The van der Waals surface area contributed by atoms with Crippen LogP contribution in [0.1, 0.15) is 5.69 Å². The molecule has 2 aromatic rings. The number of anilines is 1. The molecule has 2 aromatic heterocycles. The van der Waals surface area contributed by atoms with Gasteiger partial charge < -0.3 is 4.74 Å². The van der Waals surface area contributed by atoms with Gasteiger partial charge in [0.15, 0.2) is 4.21 Å². The van der Waals surface area contributed by atoms with E-state index in [0.717, 1.165) is 11.3 Å². The van der Waals surface area contributed by atoms with E-state index in [1.54, 1.807) is 13.0 Å². The number of nitrogens with one attached hydrogen (secondary N) is 2. The maximum atomic E-state index is 12.0. The van der Waals surface area contributed by atoms with Crippen LogP contribution in [0.3, 0.4) is 0 Å². The zero-order chi connectivity index (χ0) is 16.3. The summed E-state index contributed by atoms with van der Waals surface area (Å²) in [7, 11) is -2.64. The Kier molecular flexibility index (Phi) is 4.84. The number of ether oxygens (including phenoxy) is 1. The molecule has 0 aliphatic carbocycles. The van der Waals surface area contributed by atoms with Crippen LogP contribution >= 0.6 is 22.9 Å². The standard InChI is InChI=1S/C11H11ClN4O4S2/c1-6-5-8(20-2)14-10(13-6)15-11(17)16-22(18,19)9-7(12)3-4-21-9/h3-5H,1-2H3,(H2,13,14,15,16,17).